The smallest absolute Gasteiger partial charge is 0.219 e. The Hall–Kier alpha value is -2.02. The Morgan fingerprint density at radius 3 is 2.72 bits per heavy atom. The molecule has 2 aromatic rings. The van der Waals surface area contributed by atoms with Crippen LogP contribution in [0.1, 0.15) is 50.0 Å². The Morgan fingerprint density at radius 2 is 1.96 bits per heavy atom. The zero-order valence-corrected chi connectivity index (χ0v) is 15.1. The van der Waals surface area contributed by atoms with Gasteiger partial charge in [-0.3, -0.25) is 4.79 Å². The molecule has 2 saturated heterocycles. The third kappa shape index (κ3) is 3.25. The Morgan fingerprint density at radius 1 is 1.16 bits per heavy atom. The molecule has 1 amide bonds. The van der Waals surface area contributed by atoms with E-state index in [2.05, 4.69) is 20.2 Å². The maximum Gasteiger partial charge on any atom is 0.219 e. The highest BCUT2D eigenvalue weighted by molar-refractivity contribution is 5.73. The van der Waals surface area contributed by atoms with E-state index in [1.54, 1.807) is 6.92 Å². The molecule has 0 bridgehead atoms. The Kier molecular flexibility index (Phi) is 4.41. The second-order valence-electron chi connectivity index (χ2n) is 7.39. The molecule has 2 aromatic heterocycles. The summed E-state index contributed by atoms with van der Waals surface area (Å²) in [4.78, 5) is 16.3. The van der Waals surface area contributed by atoms with Crippen molar-refractivity contribution >= 4 is 11.6 Å². The van der Waals surface area contributed by atoms with Crippen molar-refractivity contribution in [2.24, 2.45) is 0 Å². The van der Waals surface area contributed by atoms with Crippen molar-refractivity contribution in [3.05, 3.63) is 23.7 Å². The fourth-order valence-corrected chi connectivity index (χ4v) is 4.26. The molecular weight excluding hydrogens is 316 g/mol. The summed E-state index contributed by atoms with van der Waals surface area (Å²) in [6.07, 6.45) is 4.42. The first-order valence-electron chi connectivity index (χ1n) is 9.30. The van der Waals surface area contributed by atoms with Gasteiger partial charge in [-0.1, -0.05) is 0 Å². The van der Waals surface area contributed by atoms with Crippen LogP contribution < -0.4 is 0 Å². The van der Waals surface area contributed by atoms with Gasteiger partial charge >= 0.3 is 0 Å². The van der Waals surface area contributed by atoms with Gasteiger partial charge in [0.15, 0.2) is 11.5 Å². The van der Waals surface area contributed by atoms with E-state index in [0.717, 1.165) is 69.0 Å². The largest absolute Gasteiger partial charge is 0.339 e. The van der Waals surface area contributed by atoms with E-state index < -0.39 is 0 Å². The number of aromatic nitrogens is 4. The lowest BCUT2D eigenvalue weighted by atomic mass is 9.95. The van der Waals surface area contributed by atoms with E-state index in [1.807, 2.05) is 28.5 Å². The normalized spacial score (nSPS) is 22.8. The van der Waals surface area contributed by atoms with E-state index in [9.17, 15) is 4.79 Å². The highest BCUT2D eigenvalue weighted by atomic mass is 16.2. The number of amides is 1. The second kappa shape index (κ2) is 6.71. The number of carbonyl (C=O) groups is 1. The summed E-state index contributed by atoms with van der Waals surface area (Å²) in [7, 11) is 0. The Balaban J connectivity index is 1.39. The number of carbonyl (C=O) groups excluding carboxylic acids is 1. The van der Waals surface area contributed by atoms with Gasteiger partial charge in [0.2, 0.25) is 5.91 Å². The van der Waals surface area contributed by atoms with Crippen LogP contribution >= 0.6 is 0 Å². The SMILES string of the molecule is CC(=O)N1CCCC1CN1CCC(c2nnc3ccc(C)nn23)CC1. The summed E-state index contributed by atoms with van der Waals surface area (Å²) in [5.74, 6) is 1.62. The lowest BCUT2D eigenvalue weighted by Gasteiger charge is -2.35. The predicted octanol–water partition coefficient (Wildman–Crippen LogP) is 1.62. The van der Waals surface area contributed by atoms with Crippen LogP contribution in [0.2, 0.25) is 0 Å². The van der Waals surface area contributed by atoms with Crippen LogP contribution in [0.25, 0.3) is 5.65 Å². The molecule has 1 atom stereocenters. The lowest BCUT2D eigenvalue weighted by Crippen LogP contribution is -2.44. The molecule has 7 heteroatoms. The fourth-order valence-electron chi connectivity index (χ4n) is 4.26. The number of piperidine rings is 1. The molecule has 2 fully saturated rings. The molecule has 2 aliphatic rings. The fraction of sp³-hybridized carbons (Fsp3) is 0.667. The van der Waals surface area contributed by atoms with Gasteiger partial charge in [-0.25, -0.2) is 0 Å². The zero-order chi connectivity index (χ0) is 17.4. The predicted molar refractivity (Wildman–Crippen MR) is 94.3 cm³/mol. The first-order chi connectivity index (χ1) is 12.1. The van der Waals surface area contributed by atoms with Gasteiger partial charge in [-0.15, -0.1) is 10.2 Å². The van der Waals surface area contributed by atoms with Crippen LogP contribution in [0, 0.1) is 6.92 Å². The molecule has 0 radical (unpaired) electrons. The molecule has 4 heterocycles. The molecule has 4 rings (SSSR count). The molecule has 0 N–H and O–H groups in total. The monoisotopic (exact) mass is 342 g/mol. The third-order valence-corrected chi connectivity index (χ3v) is 5.62. The van der Waals surface area contributed by atoms with E-state index in [1.165, 1.54) is 0 Å². The van der Waals surface area contributed by atoms with Gasteiger partial charge in [0.05, 0.1) is 5.69 Å². The Bertz CT molecular complexity index is 764. The van der Waals surface area contributed by atoms with Crippen LogP contribution in [0.15, 0.2) is 12.1 Å². The molecule has 2 aliphatic heterocycles. The highest BCUT2D eigenvalue weighted by Crippen LogP contribution is 2.28. The van der Waals surface area contributed by atoms with Crippen molar-refractivity contribution in [1.82, 2.24) is 29.6 Å². The number of hydrogen-bond donors (Lipinski definition) is 0. The molecule has 1 unspecified atom stereocenters. The van der Waals surface area contributed by atoms with Crippen LogP contribution in [0.3, 0.4) is 0 Å². The molecule has 0 spiro atoms. The van der Waals surface area contributed by atoms with Crippen molar-refractivity contribution < 1.29 is 4.79 Å². The van der Waals surface area contributed by atoms with E-state index in [0.29, 0.717) is 12.0 Å². The molecule has 0 saturated carbocycles. The van der Waals surface area contributed by atoms with Gasteiger partial charge in [0.25, 0.3) is 0 Å². The lowest BCUT2D eigenvalue weighted by molar-refractivity contribution is -0.130. The minimum Gasteiger partial charge on any atom is -0.339 e. The van der Waals surface area contributed by atoms with Crippen molar-refractivity contribution in [3.8, 4) is 0 Å². The van der Waals surface area contributed by atoms with Gasteiger partial charge in [-0.2, -0.15) is 9.61 Å². The molecule has 0 aliphatic carbocycles. The van der Waals surface area contributed by atoms with Crippen LogP contribution in [-0.2, 0) is 4.79 Å². The van der Waals surface area contributed by atoms with Crippen molar-refractivity contribution in [3.63, 3.8) is 0 Å². The van der Waals surface area contributed by atoms with E-state index in [-0.39, 0.29) is 5.91 Å². The summed E-state index contributed by atoms with van der Waals surface area (Å²) in [5, 5.41) is 13.2. The third-order valence-electron chi connectivity index (χ3n) is 5.62. The number of rotatable bonds is 3. The molecule has 134 valence electrons. The first-order valence-corrected chi connectivity index (χ1v) is 9.30. The first kappa shape index (κ1) is 16.4. The number of aryl methyl sites for hydroxylation is 1. The number of nitrogens with zero attached hydrogens (tertiary/aromatic N) is 6. The van der Waals surface area contributed by atoms with Crippen LogP contribution in [0.5, 0.6) is 0 Å². The van der Waals surface area contributed by atoms with Gasteiger partial charge in [0, 0.05) is 32.0 Å². The minimum atomic E-state index is 0.216. The zero-order valence-electron chi connectivity index (χ0n) is 15.1. The Labute approximate surface area is 148 Å². The van der Waals surface area contributed by atoms with Crippen molar-refractivity contribution in [1.29, 1.82) is 0 Å². The summed E-state index contributed by atoms with van der Waals surface area (Å²) in [6, 6.07) is 4.34. The van der Waals surface area contributed by atoms with Crippen LogP contribution in [-0.4, -0.2) is 67.7 Å². The topological polar surface area (TPSA) is 66.6 Å². The minimum absolute atomic E-state index is 0.216. The molecule has 25 heavy (non-hydrogen) atoms. The number of likely N-dealkylation sites (tertiary alicyclic amines) is 2. The quantitative estimate of drug-likeness (QED) is 0.848. The van der Waals surface area contributed by atoms with Crippen molar-refractivity contribution in [2.75, 3.05) is 26.2 Å². The number of fused-ring (bicyclic) bond motifs is 1. The average molecular weight is 342 g/mol. The summed E-state index contributed by atoms with van der Waals surface area (Å²) < 4.78 is 1.91. The summed E-state index contributed by atoms with van der Waals surface area (Å²) in [6.45, 7) is 7.71. The second-order valence-corrected chi connectivity index (χ2v) is 7.39. The standard InChI is InChI=1S/C18H26N6O/c1-13-5-6-17-19-20-18(24(17)21-13)15-7-10-22(11-8-15)12-16-4-3-9-23(16)14(2)25/h5-6,15-16H,3-4,7-12H2,1-2H3. The van der Waals surface area contributed by atoms with E-state index in [4.69, 9.17) is 0 Å². The number of hydrogen-bond acceptors (Lipinski definition) is 5. The highest BCUT2D eigenvalue weighted by Gasteiger charge is 2.31. The van der Waals surface area contributed by atoms with E-state index >= 15 is 0 Å². The van der Waals surface area contributed by atoms with Gasteiger partial charge in [-0.05, 0) is 57.8 Å². The molecular formula is C18H26N6O. The average Bonchev–Trinajstić information content (AvgIpc) is 3.22. The van der Waals surface area contributed by atoms with Crippen molar-refractivity contribution in [2.45, 2.75) is 51.5 Å². The summed E-state index contributed by atoms with van der Waals surface area (Å²) in [5.41, 5.74) is 1.81. The summed E-state index contributed by atoms with van der Waals surface area (Å²) >= 11 is 0. The molecule has 0 aromatic carbocycles. The maximum atomic E-state index is 11.7. The molecule has 7 nitrogen and oxygen atoms in total. The maximum absolute atomic E-state index is 11.7. The van der Waals surface area contributed by atoms with Crippen LogP contribution in [0.4, 0.5) is 0 Å². The van der Waals surface area contributed by atoms with Gasteiger partial charge < -0.3 is 9.80 Å². The van der Waals surface area contributed by atoms with Gasteiger partial charge in [0.1, 0.15) is 0 Å².